The molecule has 1 saturated heterocycles. The SMILES string of the molecule is Cc1nc2c3cc(C)c(F)c(F)c3nc(N3CCNCC3)n2n1. The molecule has 23 heavy (non-hydrogen) atoms. The van der Waals surface area contributed by atoms with Crippen LogP contribution < -0.4 is 10.2 Å². The van der Waals surface area contributed by atoms with Crippen LogP contribution >= 0.6 is 0 Å². The Labute approximate surface area is 131 Å². The molecule has 0 amide bonds. The molecule has 1 aliphatic rings. The summed E-state index contributed by atoms with van der Waals surface area (Å²) in [5, 5.41) is 8.11. The number of aromatic nitrogens is 4. The fourth-order valence-corrected chi connectivity index (χ4v) is 2.97. The summed E-state index contributed by atoms with van der Waals surface area (Å²) in [6.07, 6.45) is 0. The van der Waals surface area contributed by atoms with Crippen LogP contribution in [0.15, 0.2) is 6.07 Å². The first-order chi connectivity index (χ1) is 11.1. The van der Waals surface area contributed by atoms with E-state index >= 15 is 0 Å². The highest BCUT2D eigenvalue weighted by atomic mass is 19.2. The van der Waals surface area contributed by atoms with Gasteiger partial charge in [-0.3, -0.25) is 0 Å². The van der Waals surface area contributed by atoms with Gasteiger partial charge >= 0.3 is 0 Å². The average molecular weight is 318 g/mol. The van der Waals surface area contributed by atoms with Crippen LogP contribution in [0.2, 0.25) is 0 Å². The Morgan fingerprint density at radius 1 is 1.09 bits per heavy atom. The Morgan fingerprint density at radius 3 is 2.57 bits per heavy atom. The minimum absolute atomic E-state index is 0.00142. The first-order valence-electron chi connectivity index (χ1n) is 7.53. The van der Waals surface area contributed by atoms with E-state index in [4.69, 9.17) is 0 Å². The number of rotatable bonds is 1. The van der Waals surface area contributed by atoms with Crippen LogP contribution in [0.1, 0.15) is 11.4 Å². The molecule has 4 rings (SSSR count). The lowest BCUT2D eigenvalue weighted by molar-refractivity contribution is 0.509. The molecule has 6 nitrogen and oxygen atoms in total. The summed E-state index contributed by atoms with van der Waals surface area (Å²) in [4.78, 5) is 10.8. The van der Waals surface area contributed by atoms with Crippen molar-refractivity contribution in [3.63, 3.8) is 0 Å². The number of nitrogens with one attached hydrogen (secondary N) is 1. The van der Waals surface area contributed by atoms with Gasteiger partial charge in [0.25, 0.3) is 0 Å². The van der Waals surface area contributed by atoms with Crippen LogP contribution in [0.3, 0.4) is 0 Å². The van der Waals surface area contributed by atoms with Crippen molar-refractivity contribution in [1.82, 2.24) is 24.9 Å². The van der Waals surface area contributed by atoms with E-state index in [0.717, 1.165) is 26.2 Å². The molecular weight excluding hydrogens is 302 g/mol. The van der Waals surface area contributed by atoms with Crippen LogP contribution in [0.4, 0.5) is 14.7 Å². The van der Waals surface area contributed by atoms with Crippen molar-refractivity contribution >= 4 is 22.5 Å². The van der Waals surface area contributed by atoms with E-state index in [1.165, 1.54) is 6.92 Å². The van der Waals surface area contributed by atoms with Gasteiger partial charge in [-0.15, -0.1) is 5.10 Å². The maximum absolute atomic E-state index is 14.4. The monoisotopic (exact) mass is 318 g/mol. The van der Waals surface area contributed by atoms with Gasteiger partial charge in [0.1, 0.15) is 11.3 Å². The smallest absolute Gasteiger partial charge is 0.229 e. The van der Waals surface area contributed by atoms with E-state index in [0.29, 0.717) is 22.8 Å². The van der Waals surface area contributed by atoms with Gasteiger partial charge in [-0.1, -0.05) is 0 Å². The van der Waals surface area contributed by atoms with Crippen LogP contribution in [-0.2, 0) is 0 Å². The maximum Gasteiger partial charge on any atom is 0.229 e. The number of piperazine rings is 1. The third kappa shape index (κ3) is 2.13. The Kier molecular flexibility index (Phi) is 3.15. The first kappa shape index (κ1) is 14.3. The predicted octanol–water partition coefficient (Wildman–Crippen LogP) is 1.58. The fraction of sp³-hybridized carbons (Fsp3) is 0.400. The Morgan fingerprint density at radius 2 is 1.83 bits per heavy atom. The third-order valence-electron chi connectivity index (χ3n) is 4.12. The number of hydrogen-bond acceptors (Lipinski definition) is 5. The highest BCUT2D eigenvalue weighted by Crippen LogP contribution is 2.28. The van der Waals surface area contributed by atoms with Crippen molar-refractivity contribution in [2.24, 2.45) is 0 Å². The summed E-state index contributed by atoms with van der Waals surface area (Å²) in [7, 11) is 0. The number of aryl methyl sites for hydroxylation is 2. The second-order valence-electron chi connectivity index (χ2n) is 5.76. The molecule has 0 atom stereocenters. The summed E-state index contributed by atoms with van der Waals surface area (Å²) in [5.74, 6) is -0.730. The zero-order chi connectivity index (χ0) is 16.1. The topological polar surface area (TPSA) is 58.4 Å². The molecule has 1 N–H and O–H groups in total. The molecule has 1 fully saturated rings. The van der Waals surface area contributed by atoms with Gasteiger partial charge < -0.3 is 10.2 Å². The van der Waals surface area contributed by atoms with Gasteiger partial charge in [0.15, 0.2) is 17.3 Å². The number of fused-ring (bicyclic) bond motifs is 3. The van der Waals surface area contributed by atoms with Gasteiger partial charge in [-0.25, -0.2) is 18.7 Å². The van der Waals surface area contributed by atoms with Crippen molar-refractivity contribution in [2.75, 3.05) is 31.1 Å². The van der Waals surface area contributed by atoms with E-state index in [9.17, 15) is 8.78 Å². The molecule has 1 aliphatic heterocycles. The van der Waals surface area contributed by atoms with Gasteiger partial charge in [0, 0.05) is 31.6 Å². The van der Waals surface area contributed by atoms with Gasteiger partial charge in [0.05, 0.1) is 0 Å². The van der Waals surface area contributed by atoms with Crippen LogP contribution in [0.5, 0.6) is 0 Å². The number of anilines is 1. The van der Waals surface area contributed by atoms with Gasteiger partial charge in [-0.2, -0.15) is 4.52 Å². The van der Waals surface area contributed by atoms with Crippen LogP contribution in [0, 0.1) is 25.5 Å². The Hall–Kier alpha value is -2.35. The highest BCUT2D eigenvalue weighted by molar-refractivity contribution is 5.93. The lowest BCUT2D eigenvalue weighted by atomic mass is 10.1. The van der Waals surface area contributed by atoms with Crippen molar-refractivity contribution in [3.05, 3.63) is 29.1 Å². The summed E-state index contributed by atoms with van der Waals surface area (Å²) in [6.45, 7) is 6.36. The van der Waals surface area contributed by atoms with E-state index in [-0.39, 0.29) is 11.1 Å². The molecule has 120 valence electrons. The molecule has 0 saturated carbocycles. The molecule has 3 aromatic rings. The van der Waals surface area contributed by atoms with Crippen molar-refractivity contribution in [1.29, 1.82) is 0 Å². The molecule has 0 bridgehead atoms. The molecule has 8 heteroatoms. The zero-order valence-corrected chi connectivity index (χ0v) is 12.9. The van der Waals surface area contributed by atoms with Crippen molar-refractivity contribution < 1.29 is 8.78 Å². The molecule has 0 unspecified atom stereocenters. The highest BCUT2D eigenvalue weighted by Gasteiger charge is 2.22. The van der Waals surface area contributed by atoms with Crippen LogP contribution in [0.25, 0.3) is 16.6 Å². The zero-order valence-electron chi connectivity index (χ0n) is 12.9. The molecular formula is C15H16F2N6. The van der Waals surface area contributed by atoms with E-state index in [1.54, 1.807) is 17.5 Å². The van der Waals surface area contributed by atoms with E-state index in [1.807, 2.05) is 4.90 Å². The van der Waals surface area contributed by atoms with E-state index < -0.39 is 11.6 Å². The quantitative estimate of drug-likeness (QED) is 0.738. The summed E-state index contributed by atoms with van der Waals surface area (Å²) < 4.78 is 30.0. The Balaban J connectivity index is 2.08. The molecule has 0 aliphatic carbocycles. The van der Waals surface area contributed by atoms with Crippen molar-refractivity contribution in [2.45, 2.75) is 13.8 Å². The number of halogens is 2. The number of nitrogens with zero attached hydrogens (tertiary/aromatic N) is 5. The first-order valence-corrected chi connectivity index (χ1v) is 7.53. The average Bonchev–Trinajstić information content (AvgIpc) is 2.95. The lowest BCUT2D eigenvalue weighted by Gasteiger charge is -2.28. The minimum Gasteiger partial charge on any atom is -0.338 e. The second-order valence-corrected chi connectivity index (χ2v) is 5.76. The second kappa shape index (κ2) is 5.09. The van der Waals surface area contributed by atoms with Gasteiger partial charge in [0.2, 0.25) is 5.95 Å². The third-order valence-corrected chi connectivity index (χ3v) is 4.12. The molecule has 0 radical (unpaired) electrons. The molecule has 3 heterocycles. The lowest BCUT2D eigenvalue weighted by Crippen LogP contribution is -2.44. The summed E-state index contributed by atoms with van der Waals surface area (Å²) in [5.41, 5.74) is 0.735. The standard InChI is InChI=1S/C15H16F2N6/c1-8-7-10-13(12(17)11(8)16)20-15(22-5-3-18-4-6-22)23-14(10)19-9(2)21-23/h7,18H,3-6H2,1-2H3. The normalized spacial score (nSPS) is 15.7. The summed E-state index contributed by atoms with van der Waals surface area (Å²) in [6, 6.07) is 1.58. The predicted molar refractivity (Wildman–Crippen MR) is 82.8 cm³/mol. The Bertz CT molecular complexity index is 914. The number of benzene rings is 1. The van der Waals surface area contributed by atoms with Crippen molar-refractivity contribution in [3.8, 4) is 0 Å². The minimum atomic E-state index is -0.931. The molecule has 0 spiro atoms. The summed E-state index contributed by atoms with van der Waals surface area (Å²) >= 11 is 0. The van der Waals surface area contributed by atoms with E-state index in [2.05, 4.69) is 20.4 Å². The van der Waals surface area contributed by atoms with Crippen LogP contribution in [-0.4, -0.2) is 45.8 Å². The maximum atomic E-state index is 14.4. The molecule has 2 aromatic heterocycles. The van der Waals surface area contributed by atoms with Gasteiger partial charge in [-0.05, 0) is 25.5 Å². The largest absolute Gasteiger partial charge is 0.338 e. The number of hydrogen-bond donors (Lipinski definition) is 1. The molecule has 1 aromatic carbocycles. The fourth-order valence-electron chi connectivity index (χ4n) is 2.97.